The lowest BCUT2D eigenvalue weighted by Gasteiger charge is -2.13. The average Bonchev–Trinajstić information content (AvgIpc) is 2.97. The number of ether oxygens (including phenoxy) is 1. The van der Waals surface area contributed by atoms with E-state index in [4.69, 9.17) is 4.74 Å². The number of rotatable bonds is 5. The van der Waals surface area contributed by atoms with Crippen molar-refractivity contribution in [1.82, 2.24) is 10.3 Å². The zero-order valence-electron chi connectivity index (χ0n) is 12.4. The first-order chi connectivity index (χ1) is 10.8. The van der Waals surface area contributed by atoms with Crippen LogP contribution in [0.2, 0.25) is 0 Å². The van der Waals surface area contributed by atoms with Crippen LogP contribution in [0.5, 0.6) is 5.75 Å². The molecular formula is C17H18N2O2S. The Morgan fingerprint density at radius 1 is 1.36 bits per heavy atom. The van der Waals surface area contributed by atoms with Gasteiger partial charge in [0.25, 0.3) is 0 Å². The number of carbonyl (C=O) groups excluding carboxylic acids is 1. The fourth-order valence-corrected chi connectivity index (χ4v) is 2.99. The Hall–Kier alpha value is -2.01. The van der Waals surface area contributed by atoms with Crippen molar-refractivity contribution in [1.29, 1.82) is 0 Å². The van der Waals surface area contributed by atoms with Crippen molar-refractivity contribution >= 4 is 17.7 Å². The molecule has 0 aliphatic carbocycles. The van der Waals surface area contributed by atoms with Crippen molar-refractivity contribution in [2.45, 2.75) is 12.5 Å². The Kier molecular flexibility index (Phi) is 4.63. The van der Waals surface area contributed by atoms with Crippen LogP contribution in [0, 0.1) is 0 Å². The third-order valence-electron chi connectivity index (χ3n) is 3.62. The molecule has 0 saturated heterocycles. The summed E-state index contributed by atoms with van der Waals surface area (Å²) in [6.07, 6.45) is 6.31. The first-order valence-electron chi connectivity index (χ1n) is 7.22. The number of benzene rings is 1. The zero-order chi connectivity index (χ0) is 15.4. The van der Waals surface area contributed by atoms with Gasteiger partial charge in [0.15, 0.2) is 0 Å². The molecule has 1 unspecified atom stereocenters. The summed E-state index contributed by atoms with van der Waals surface area (Å²) in [7, 11) is 0. The zero-order valence-corrected chi connectivity index (χ0v) is 13.2. The predicted molar refractivity (Wildman–Crippen MR) is 89.2 cm³/mol. The molecule has 0 fully saturated rings. The van der Waals surface area contributed by atoms with Gasteiger partial charge >= 0.3 is 0 Å². The van der Waals surface area contributed by atoms with Gasteiger partial charge in [-0.3, -0.25) is 9.78 Å². The Morgan fingerprint density at radius 2 is 2.18 bits per heavy atom. The molecule has 0 bridgehead atoms. The lowest BCUT2D eigenvalue weighted by atomic mass is 10.0. The fourth-order valence-electron chi connectivity index (χ4n) is 2.62. The van der Waals surface area contributed by atoms with E-state index < -0.39 is 0 Å². The second kappa shape index (κ2) is 6.83. The van der Waals surface area contributed by atoms with Crippen LogP contribution in [0.25, 0.3) is 11.1 Å². The number of nitrogens with one attached hydrogen (secondary N) is 1. The number of aromatic nitrogens is 1. The van der Waals surface area contributed by atoms with E-state index in [0.29, 0.717) is 12.3 Å². The molecule has 114 valence electrons. The topological polar surface area (TPSA) is 51.2 Å². The highest BCUT2D eigenvalue weighted by Crippen LogP contribution is 2.38. The molecule has 1 atom stereocenters. The Balaban J connectivity index is 1.72. The van der Waals surface area contributed by atoms with E-state index in [9.17, 15) is 4.79 Å². The van der Waals surface area contributed by atoms with Gasteiger partial charge < -0.3 is 10.1 Å². The van der Waals surface area contributed by atoms with Gasteiger partial charge in [-0.2, -0.15) is 11.8 Å². The number of carbonyl (C=O) groups is 1. The molecule has 3 rings (SSSR count). The van der Waals surface area contributed by atoms with Gasteiger partial charge in [-0.1, -0.05) is 18.2 Å². The van der Waals surface area contributed by atoms with Crippen LogP contribution < -0.4 is 10.1 Å². The number of thioether (sulfide) groups is 1. The van der Waals surface area contributed by atoms with Crippen LogP contribution >= 0.6 is 11.8 Å². The summed E-state index contributed by atoms with van der Waals surface area (Å²) in [6, 6.07) is 10.2. The molecule has 2 heterocycles. The fraction of sp³-hybridized carbons (Fsp3) is 0.294. The van der Waals surface area contributed by atoms with E-state index in [1.165, 1.54) is 17.3 Å². The SMILES string of the molecule is CSCC(=O)NCC1Cc2cccc(-c3ccncc3)c2O1. The highest BCUT2D eigenvalue weighted by atomic mass is 32.2. The van der Waals surface area contributed by atoms with Gasteiger partial charge in [0.2, 0.25) is 5.91 Å². The Bertz CT molecular complexity index is 661. The van der Waals surface area contributed by atoms with E-state index in [1.807, 2.05) is 24.5 Å². The minimum absolute atomic E-state index is 0.00351. The van der Waals surface area contributed by atoms with Gasteiger partial charge in [-0.25, -0.2) is 0 Å². The summed E-state index contributed by atoms with van der Waals surface area (Å²) in [5, 5.41) is 2.92. The Morgan fingerprint density at radius 3 is 2.95 bits per heavy atom. The maximum absolute atomic E-state index is 11.6. The van der Waals surface area contributed by atoms with Gasteiger partial charge in [-0.15, -0.1) is 0 Å². The number of amides is 1. The molecule has 4 nitrogen and oxygen atoms in total. The monoisotopic (exact) mass is 314 g/mol. The molecule has 5 heteroatoms. The van der Waals surface area contributed by atoms with Crippen molar-refractivity contribution in [3.8, 4) is 16.9 Å². The van der Waals surface area contributed by atoms with Gasteiger partial charge in [0.1, 0.15) is 11.9 Å². The third-order valence-corrected chi connectivity index (χ3v) is 4.17. The van der Waals surface area contributed by atoms with E-state index in [2.05, 4.69) is 22.4 Å². The molecule has 1 aromatic carbocycles. The maximum Gasteiger partial charge on any atom is 0.230 e. The molecular weight excluding hydrogens is 296 g/mol. The van der Waals surface area contributed by atoms with Crippen LogP contribution in [-0.2, 0) is 11.2 Å². The minimum atomic E-state index is 0.00351. The summed E-state index contributed by atoms with van der Waals surface area (Å²) in [6.45, 7) is 0.545. The molecule has 0 spiro atoms. The first kappa shape index (κ1) is 14.9. The summed E-state index contributed by atoms with van der Waals surface area (Å²) < 4.78 is 6.08. The third kappa shape index (κ3) is 3.25. The normalized spacial score (nSPS) is 16.0. The van der Waals surface area contributed by atoms with Gasteiger partial charge in [0.05, 0.1) is 12.3 Å². The molecule has 1 N–H and O–H groups in total. The van der Waals surface area contributed by atoms with Gasteiger partial charge in [-0.05, 0) is 29.5 Å². The summed E-state index contributed by atoms with van der Waals surface area (Å²) >= 11 is 1.52. The van der Waals surface area contributed by atoms with Crippen LogP contribution in [0.1, 0.15) is 5.56 Å². The van der Waals surface area contributed by atoms with E-state index in [1.54, 1.807) is 12.4 Å². The minimum Gasteiger partial charge on any atom is -0.487 e. The molecule has 1 aliphatic rings. The van der Waals surface area contributed by atoms with Crippen molar-refractivity contribution in [3.05, 3.63) is 48.3 Å². The second-order valence-corrected chi connectivity index (χ2v) is 6.08. The molecule has 1 amide bonds. The molecule has 2 aromatic rings. The van der Waals surface area contributed by atoms with Gasteiger partial charge in [0, 0.05) is 24.4 Å². The van der Waals surface area contributed by atoms with Crippen LogP contribution in [0.3, 0.4) is 0 Å². The van der Waals surface area contributed by atoms with Crippen LogP contribution in [-0.4, -0.2) is 35.5 Å². The molecule has 0 radical (unpaired) electrons. The van der Waals surface area contributed by atoms with Crippen molar-refractivity contribution in [3.63, 3.8) is 0 Å². The molecule has 22 heavy (non-hydrogen) atoms. The van der Waals surface area contributed by atoms with Crippen LogP contribution in [0.15, 0.2) is 42.7 Å². The Labute approximate surface area is 134 Å². The van der Waals surface area contributed by atoms with Crippen molar-refractivity contribution < 1.29 is 9.53 Å². The number of hydrogen-bond donors (Lipinski definition) is 1. The maximum atomic E-state index is 11.6. The van der Waals surface area contributed by atoms with E-state index in [-0.39, 0.29) is 12.0 Å². The number of fused-ring (bicyclic) bond motifs is 1. The molecule has 1 aromatic heterocycles. The molecule has 0 saturated carbocycles. The summed E-state index contributed by atoms with van der Waals surface area (Å²) in [4.78, 5) is 15.6. The highest BCUT2D eigenvalue weighted by Gasteiger charge is 2.25. The summed E-state index contributed by atoms with van der Waals surface area (Å²) in [5.41, 5.74) is 3.37. The summed E-state index contributed by atoms with van der Waals surface area (Å²) in [5.74, 6) is 1.47. The van der Waals surface area contributed by atoms with Crippen molar-refractivity contribution in [2.24, 2.45) is 0 Å². The number of nitrogens with zero attached hydrogens (tertiary/aromatic N) is 1. The molecule has 1 aliphatic heterocycles. The number of hydrogen-bond acceptors (Lipinski definition) is 4. The first-order valence-corrected chi connectivity index (χ1v) is 8.62. The largest absolute Gasteiger partial charge is 0.487 e. The second-order valence-electron chi connectivity index (χ2n) is 5.21. The van der Waals surface area contributed by atoms with Crippen LogP contribution in [0.4, 0.5) is 0 Å². The highest BCUT2D eigenvalue weighted by molar-refractivity contribution is 7.99. The van der Waals surface area contributed by atoms with E-state index in [0.717, 1.165) is 23.3 Å². The number of pyridine rings is 1. The quantitative estimate of drug-likeness (QED) is 0.921. The number of para-hydroxylation sites is 1. The smallest absolute Gasteiger partial charge is 0.230 e. The standard InChI is InChI=1S/C17H18N2O2S/c1-22-11-16(20)19-10-14-9-13-3-2-4-15(17(13)21-14)12-5-7-18-8-6-12/h2-8,14H,9-11H2,1H3,(H,19,20). The average molecular weight is 314 g/mol. The lowest BCUT2D eigenvalue weighted by Crippen LogP contribution is -2.35. The lowest BCUT2D eigenvalue weighted by molar-refractivity contribution is -0.118. The predicted octanol–water partition coefficient (Wildman–Crippen LogP) is 2.53. The van der Waals surface area contributed by atoms with E-state index >= 15 is 0 Å². The van der Waals surface area contributed by atoms with Crippen molar-refractivity contribution in [2.75, 3.05) is 18.6 Å².